The molecule has 0 fully saturated rings. The second kappa shape index (κ2) is 9.11. The van der Waals surface area contributed by atoms with Gasteiger partial charge in [-0.3, -0.25) is 4.79 Å². The number of nitrogens with one attached hydrogen (secondary N) is 1. The topological polar surface area (TPSA) is 41.6 Å². The van der Waals surface area contributed by atoms with Crippen LogP contribution in [0.5, 0.6) is 5.75 Å². The largest absolute Gasteiger partial charge is 0.483 e. The second-order valence-corrected chi connectivity index (χ2v) is 5.97. The van der Waals surface area contributed by atoms with Crippen molar-refractivity contribution in [3.05, 3.63) is 53.6 Å². The second-order valence-electron chi connectivity index (χ2n) is 5.97. The van der Waals surface area contributed by atoms with E-state index < -0.39 is 0 Å². The fraction of sp³-hybridized carbons (Fsp3) is 0.381. The van der Waals surface area contributed by atoms with Crippen LogP contribution in [0.25, 0.3) is 0 Å². The Hall–Kier alpha value is -2.49. The van der Waals surface area contributed by atoms with Gasteiger partial charge in [0.1, 0.15) is 5.75 Å². The number of hydrogen-bond acceptors (Lipinski definition) is 3. The van der Waals surface area contributed by atoms with Crippen molar-refractivity contribution in [3.63, 3.8) is 0 Å². The average Bonchev–Trinajstić information content (AvgIpc) is 2.63. The number of carbonyl (C=O) groups excluding carboxylic acids is 1. The summed E-state index contributed by atoms with van der Waals surface area (Å²) >= 11 is 0. The molecule has 0 saturated carbocycles. The van der Waals surface area contributed by atoms with Gasteiger partial charge in [-0.25, -0.2) is 0 Å². The van der Waals surface area contributed by atoms with E-state index in [0.29, 0.717) is 0 Å². The predicted molar refractivity (Wildman–Crippen MR) is 105 cm³/mol. The molecule has 0 aliphatic carbocycles. The summed E-state index contributed by atoms with van der Waals surface area (Å²) in [7, 11) is 0. The lowest BCUT2D eigenvalue weighted by Crippen LogP contribution is -2.23. The van der Waals surface area contributed by atoms with Crippen LogP contribution in [-0.2, 0) is 11.2 Å². The third-order valence-corrected chi connectivity index (χ3v) is 4.32. The zero-order valence-electron chi connectivity index (χ0n) is 15.6. The summed E-state index contributed by atoms with van der Waals surface area (Å²) in [6, 6.07) is 13.9. The summed E-state index contributed by atoms with van der Waals surface area (Å²) in [6.45, 7) is 10.3. The fourth-order valence-electron chi connectivity index (χ4n) is 2.84. The predicted octanol–water partition coefficient (Wildman–Crippen LogP) is 4.42. The highest BCUT2D eigenvalue weighted by molar-refractivity contribution is 5.92. The molecule has 0 radical (unpaired) electrons. The van der Waals surface area contributed by atoms with Gasteiger partial charge in [-0.2, -0.15) is 0 Å². The van der Waals surface area contributed by atoms with E-state index in [-0.39, 0.29) is 12.5 Å². The van der Waals surface area contributed by atoms with Crippen LogP contribution in [0.4, 0.5) is 11.4 Å². The summed E-state index contributed by atoms with van der Waals surface area (Å²) in [5.74, 6) is 0.623. The molecule has 0 heterocycles. The molecule has 1 amide bonds. The lowest BCUT2D eigenvalue weighted by molar-refractivity contribution is -0.118. The Morgan fingerprint density at radius 2 is 1.80 bits per heavy atom. The standard InChI is InChI=1S/C21H28N2O2/c1-5-17-10-8-9-11-20(17)25-15-21(24)22-19-13-12-18(14-16(19)4)23(6-2)7-3/h8-14H,5-7,15H2,1-4H3,(H,22,24). The molecule has 0 spiro atoms. The Kier molecular flexibility index (Phi) is 6.87. The number of carbonyl (C=O) groups is 1. The van der Waals surface area contributed by atoms with Gasteiger partial charge in [-0.1, -0.05) is 25.1 Å². The van der Waals surface area contributed by atoms with E-state index in [1.165, 1.54) is 5.69 Å². The van der Waals surface area contributed by atoms with Gasteiger partial charge in [0.2, 0.25) is 0 Å². The van der Waals surface area contributed by atoms with Crippen LogP contribution < -0.4 is 15.0 Å². The first-order chi connectivity index (χ1) is 12.1. The number of rotatable bonds is 8. The first-order valence-electron chi connectivity index (χ1n) is 8.95. The van der Waals surface area contributed by atoms with E-state index in [4.69, 9.17) is 4.74 Å². The third kappa shape index (κ3) is 4.99. The molecule has 2 aromatic rings. The number of benzene rings is 2. The minimum absolute atomic E-state index is 0.00818. The van der Waals surface area contributed by atoms with Crippen LogP contribution in [0.3, 0.4) is 0 Å². The normalized spacial score (nSPS) is 10.4. The maximum absolute atomic E-state index is 12.2. The molecule has 1 N–H and O–H groups in total. The van der Waals surface area contributed by atoms with Gasteiger partial charge in [0.25, 0.3) is 5.91 Å². The Bertz CT molecular complexity index is 709. The number of nitrogens with zero attached hydrogens (tertiary/aromatic N) is 1. The van der Waals surface area contributed by atoms with Crippen molar-refractivity contribution in [1.29, 1.82) is 0 Å². The number of ether oxygens (including phenoxy) is 1. The van der Waals surface area contributed by atoms with Crippen LogP contribution in [0, 0.1) is 6.92 Å². The zero-order chi connectivity index (χ0) is 18.2. The molecular weight excluding hydrogens is 312 g/mol. The molecule has 25 heavy (non-hydrogen) atoms. The van der Waals surface area contributed by atoms with Gasteiger partial charge in [0.05, 0.1) is 0 Å². The summed E-state index contributed by atoms with van der Waals surface area (Å²) < 4.78 is 5.68. The van der Waals surface area contributed by atoms with Crippen molar-refractivity contribution in [2.24, 2.45) is 0 Å². The van der Waals surface area contributed by atoms with Gasteiger partial charge in [0.15, 0.2) is 6.61 Å². The molecule has 4 heteroatoms. The average molecular weight is 340 g/mol. The van der Waals surface area contributed by atoms with E-state index in [2.05, 4.69) is 37.1 Å². The van der Waals surface area contributed by atoms with Crippen molar-refractivity contribution in [2.75, 3.05) is 29.9 Å². The van der Waals surface area contributed by atoms with Gasteiger partial charge < -0.3 is 15.0 Å². The molecule has 0 bridgehead atoms. The molecular formula is C21H28N2O2. The quantitative estimate of drug-likeness (QED) is 0.773. The maximum atomic E-state index is 12.2. The summed E-state index contributed by atoms with van der Waals surface area (Å²) in [4.78, 5) is 14.5. The minimum atomic E-state index is -0.149. The molecule has 0 aromatic heterocycles. The Balaban J connectivity index is 1.98. The van der Waals surface area contributed by atoms with Gasteiger partial charge in [-0.05, 0) is 62.6 Å². The van der Waals surface area contributed by atoms with Crippen molar-refractivity contribution < 1.29 is 9.53 Å². The molecule has 0 saturated heterocycles. The first kappa shape index (κ1) is 18.8. The lowest BCUT2D eigenvalue weighted by atomic mass is 10.1. The van der Waals surface area contributed by atoms with Crippen LogP contribution in [0.2, 0.25) is 0 Å². The smallest absolute Gasteiger partial charge is 0.262 e. The number of para-hydroxylation sites is 1. The highest BCUT2D eigenvalue weighted by Crippen LogP contribution is 2.23. The molecule has 2 aromatic carbocycles. The molecule has 0 atom stereocenters. The monoisotopic (exact) mass is 340 g/mol. The highest BCUT2D eigenvalue weighted by Gasteiger charge is 2.09. The number of hydrogen-bond donors (Lipinski definition) is 1. The van der Waals surface area contributed by atoms with Crippen LogP contribution in [0.15, 0.2) is 42.5 Å². The molecule has 0 unspecified atom stereocenters. The van der Waals surface area contributed by atoms with Crippen molar-refractivity contribution in [3.8, 4) is 5.75 Å². The van der Waals surface area contributed by atoms with E-state index in [1.807, 2.05) is 43.3 Å². The molecule has 2 rings (SSSR count). The van der Waals surface area contributed by atoms with Crippen LogP contribution >= 0.6 is 0 Å². The van der Waals surface area contributed by atoms with E-state index in [0.717, 1.165) is 42.1 Å². The van der Waals surface area contributed by atoms with E-state index in [1.54, 1.807) is 0 Å². The van der Waals surface area contributed by atoms with Crippen molar-refractivity contribution in [1.82, 2.24) is 0 Å². The molecule has 134 valence electrons. The first-order valence-corrected chi connectivity index (χ1v) is 8.95. The molecule has 0 aliphatic heterocycles. The summed E-state index contributed by atoms with van der Waals surface area (Å²) in [6.07, 6.45) is 0.879. The third-order valence-electron chi connectivity index (χ3n) is 4.32. The number of amides is 1. The fourth-order valence-corrected chi connectivity index (χ4v) is 2.84. The number of anilines is 2. The zero-order valence-corrected chi connectivity index (χ0v) is 15.6. The van der Waals surface area contributed by atoms with Crippen molar-refractivity contribution >= 4 is 17.3 Å². The number of aryl methyl sites for hydroxylation is 2. The summed E-state index contributed by atoms with van der Waals surface area (Å²) in [5, 5.41) is 2.94. The maximum Gasteiger partial charge on any atom is 0.262 e. The Morgan fingerprint density at radius 1 is 1.08 bits per heavy atom. The van der Waals surface area contributed by atoms with Crippen molar-refractivity contribution in [2.45, 2.75) is 34.1 Å². The molecule has 4 nitrogen and oxygen atoms in total. The van der Waals surface area contributed by atoms with Gasteiger partial charge in [0, 0.05) is 24.5 Å². The van der Waals surface area contributed by atoms with Gasteiger partial charge in [-0.15, -0.1) is 0 Å². The van der Waals surface area contributed by atoms with Crippen LogP contribution in [-0.4, -0.2) is 25.6 Å². The SMILES string of the molecule is CCc1ccccc1OCC(=O)Nc1ccc(N(CC)CC)cc1C. The highest BCUT2D eigenvalue weighted by atomic mass is 16.5. The summed E-state index contributed by atoms with van der Waals surface area (Å²) in [5.41, 5.74) is 4.16. The minimum Gasteiger partial charge on any atom is -0.483 e. The molecule has 0 aliphatic rings. The lowest BCUT2D eigenvalue weighted by Gasteiger charge is -2.22. The van der Waals surface area contributed by atoms with Crippen LogP contribution in [0.1, 0.15) is 31.9 Å². The Labute approximate surface area is 150 Å². The Morgan fingerprint density at radius 3 is 2.44 bits per heavy atom. The van der Waals surface area contributed by atoms with Gasteiger partial charge >= 0.3 is 0 Å². The van der Waals surface area contributed by atoms with E-state index in [9.17, 15) is 4.79 Å². The van der Waals surface area contributed by atoms with E-state index >= 15 is 0 Å².